The molecule has 0 radical (unpaired) electrons. The Morgan fingerprint density at radius 2 is 2.11 bits per heavy atom. The van der Waals surface area contributed by atoms with Gasteiger partial charge in [0.05, 0.1) is 17.2 Å². The summed E-state index contributed by atoms with van der Waals surface area (Å²) in [7, 11) is 0. The monoisotopic (exact) mass is 262 g/mol. The molecule has 3 nitrogen and oxygen atoms in total. The molecule has 2 aliphatic rings. The number of benzene rings is 1. The third-order valence-corrected chi connectivity index (χ3v) is 3.80. The Morgan fingerprint density at radius 3 is 2.63 bits per heavy atom. The maximum atomic E-state index is 12.9. The minimum absolute atomic E-state index is 0.354. The van der Waals surface area contributed by atoms with Crippen molar-refractivity contribution < 1.29 is 13.6 Å². The summed E-state index contributed by atoms with van der Waals surface area (Å²) in [5.74, 6) is -4.59. The van der Waals surface area contributed by atoms with Gasteiger partial charge >= 0.3 is 0 Å². The van der Waals surface area contributed by atoms with Crippen LogP contribution in [0, 0.1) is 17.2 Å². The van der Waals surface area contributed by atoms with E-state index in [9.17, 15) is 13.6 Å². The maximum absolute atomic E-state index is 12.9. The fourth-order valence-electron chi connectivity index (χ4n) is 2.32. The number of hydrogen-bond donors (Lipinski definition) is 1. The number of amides is 1. The average Bonchev–Trinajstić information content (AvgIpc) is 3.28. The summed E-state index contributed by atoms with van der Waals surface area (Å²) in [6, 6.07) is 8.98. The Hall–Kier alpha value is -1.96. The zero-order valence-electron chi connectivity index (χ0n) is 10.1. The SMILES string of the molecule is N#Cc1cccc(C2(NC(=O)[C@H]3CC3(F)F)CC2)c1. The first kappa shape index (κ1) is 12.1. The highest BCUT2D eigenvalue weighted by Gasteiger charge is 2.62. The van der Waals surface area contributed by atoms with Gasteiger partial charge in [-0.15, -0.1) is 0 Å². The van der Waals surface area contributed by atoms with Crippen molar-refractivity contribution in [3.63, 3.8) is 0 Å². The Morgan fingerprint density at radius 1 is 1.42 bits per heavy atom. The Kier molecular flexibility index (Phi) is 2.40. The van der Waals surface area contributed by atoms with Crippen LogP contribution in [0.5, 0.6) is 0 Å². The molecule has 2 fully saturated rings. The van der Waals surface area contributed by atoms with Gasteiger partial charge in [0.25, 0.3) is 5.92 Å². The number of nitrogens with zero attached hydrogens (tertiary/aromatic N) is 1. The lowest BCUT2D eigenvalue weighted by molar-refractivity contribution is -0.125. The lowest BCUT2D eigenvalue weighted by atomic mass is 10.0. The number of halogens is 2. The van der Waals surface area contributed by atoms with E-state index in [1.165, 1.54) is 0 Å². The van der Waals surface area contributed by atoms with E-state index >= 15 is 0 Å². The van der Waals surface area contributed by atoms with Crippen molar-refractivity contribution in [1.82, 2.24) is 5.32 Å². The minimum atomic E-state index is -2.84. The molecule has 19 heavy (non-hydrogen) atoms. The number of alkyl halides is 2. The highest BCUT2D eigenvalue weighted by atomic mass is 19.3. The fourth-order valence-corrected chi connectivity index (χ4v) is 2.32. The highest BCUT2D eigenvalue weighted by molar-refractivity contribution is 5.84. The molecule has 2 aliphatic carbocycles. The summed E-state index contributed by atoms with van der Waals surface area (Å²) in [4.78, 5) is 11.7. The van der Waals surface area contributed by atoms with Crippen molar-refractivity contribution in [2.24, 2.45) is 5.92 Å². The summed E-state index contributed by atoms with van der Waals surface area (Å²) in [6.07, 6.45) is 1.10. The predicted molar refractivity (Wildman–Crippen MR) is 63.3 cm³/mol. The van der Waals surface area contributed by atoms with E-state index in [1.54, 1.807) is 18.2 Å². The van der Waals surface area contributed by atoms with E-state index in [2.05, 4.69) is 5.32 Å². The van der Waals surface area contributed by atoms with Crippen molar-refractivity contribution in [3.05, 3.63) is 35.4 Å². The van der Waals surface area contributed by atoms with Crippen molar-refractivity contribution in [3.8, 4) is 6.07 Å². The molecule has 2 saturated carbocycles. The van der Waals surface area contributed by atoms with Crippen LogP contribution in [-0.2, 0) is 10.3 Å². The van der Waals surface area contributed by atoms with Gasteiger partial charge in [-0.1, -0.05) is 12.1 Å². The normalized spacial score (nSPS) is 25.2. The number of nitriles is 1. The van der Waals surface area contributed by atoms with E-state index in [1.807, 2.05) is 12.1 Å². The topological polar surface area (TPSA) is 52.9 Å². The molecule has 1 aromatic carbocycles. The van der Waals surface area contributed by atoms with E-state index in [4.69, 9.17) is 5.26 Å². The Balaban J connectivity index is 1.77. The standard InChI is InChI=1S/C14H12F2N2O/c15-14(16)7-11(14)12(19)18-13(4-5-13)10-3-1-2-9(6-10)8-17/h1-3,6,11H,4-5,7H2,(H,18,19)/t11-/m1/s1. The highest BCUT2D eigenvalue weighted by Crippen LogP contribution is 2.51. The maximum Gasteiger partial charge on any atom is 0.260 e. The summed E-state index contributed by atoms with van der Waals surface area (Å²) < 4.78 is 25.7. The van der Waals surface area contributed by atoms with Crippen LogP contribution in [0.25, 0.3) is 0 Å². The van der Waals surface area contributed by atoms with Gasteiger partial charge in [-0.3, -0.25) is 4.79 Å². The van der Waals surface area contributed by atoms with Crippen molar-refractivity contribution in [1.29, 1.82) is 5.26 Å². The molecule has 0 aliphatic heterocycles. The third-order valence-electron chi connectivity index (χ3n) is 3.80. The smallest absolute Gasteiger partial charge is 0.260 e. The molecule has 0 spiro atoms. The minimum Gasteiger partial charge on any atom is -0.346 e. The van der Waals surface area contributed by atoms with Crippen molar-refractivity contribution in [2.45, 2.75) is 30.7 Å². The second-order valence-electron chi connectivity index (χ2n) is 5.28. The number of hydrogen-bond acceptors (Lipinski definition) is 2. The van der Waals surface area contributed by atoms with Crippen LogP contribution in [0.1, 0.15) is 30.4 Å². The molecule has 3 rings (SSSR count). The molecule has 98 valence electrons. The average molecular weight is 262 g/mol. The van der Waals surface area contributed by atoms with Gasteiger partial charge in [0, 0.05) is 6.42 Å². The summed E-state index contributed by atoms with van der Waals surface area (Å²) in [5.41, 5.74) is 0.793. The molecule has 0 bridgehead atoms. The molecule has 1 amide bonds. The van der Waals surface area contributed by atoms with Gasteiger partial charge in [-0.2, -0.15) is 5.26 Å². The molecule has 0 unspecified atom stereocenters. The molecular formula is C14H12F2N2O. The Bertz CT molecular complexity index is 587. The largest absolute Gasteiger partial charge is 0.346 e. The lowest BCUT2D eigenvalue weighted by Crippen LogP contribution is -2.37. The summed E-state index contributed by atoms with van der Waals surface area (Å²) in [6.45, 7) is 0. The first-order valence-electron chi connectivity index (χ1n) is 6.17. The molecule has 0 aromatic heterocycles. The van der Waals surface area contributed by atoms with Gasteiger partial charge in [-0.25, -0.2) is 8.78 Å². The fraction of sp³-hybridized carbons (Fsp3) is 0.429. The van der Waals surface area contributed by atoms with E-state index in [-0.39, 0.29) is 6.42 Å². The number of rotatable bonds is 3. The Labute approximate surface area is 109 Å². The number of carbonyl (C=O) groups is 1. The molecule has 1 aromatic rings. The lowest BCUT2D eigenvalue weighted by Gasteiger charge is -2.18. The molecule has 1 N–H and O–H groups in total. The van der Waals surface area contributed by atoms with Crippen molar-refractivity contribution >= 4 is 5.91 Å². The van der Waals surface area contributed by atoms with Crippen LogP contribution in [0.3, 0.4) is 0 Å². The van der Waals surface area contributed by atoms with Crippen molar-refractivity contribution in [2.75, 3.05) is 0 Å². The van der Waals surface area contributed by atoms with Crippen LogP contribution in [0.15, 0.2) is 24.3 Å². The van der Waals surface area contributed by atoms with Crippen LogP contribution < -0.4 is 5.32 Å². The third kappa shape index (κ3) is 2.07. The van der Waals surface area contributed by atoms with E-state index in [0.717, 1.165) is 18.4 Å². The zero-order valence-corrected chi connectivity index (χ0v) is 10.1. The molecule has 1 atom stereocenters. The second-order valence-corrected chi connectivity index (χ2v) is 5.28. The predicted octanol–water partition coefficient (Wildman–Crippen LogP) is 2.32. The number of carbonyl (C=O) groups excluding carboxylic acids is 1. The summed E-state index contributed by atoms with van der Waals surface area (Å²) in [5, 5.41) is 11.6. The van der Waals surface area contributed by atoms with Gasteiger partial charge in [0.15, 0.2) is 0 Å². The van der Waals surface area contributed by atoms with Gasteiger partial charge in [0.2, 0.25) is 5.91 Å². The molecule has 0 heterocycles. The summed E-state index contributed by atoms with van der Waals surface area (Å²) >= 11 is 0. The number of nitrogens with one attached hydrogen (secondary N) is 1. The van der Waals surface area contributed by atoms with Crippen LogP contribution in [-0.4, -0.2) is 11.8 Å². The van der Waals surface area contributed by atoms with E-state index in [0.29, 0.717) is 5.56 Å². The van der Waals surface area contributed by atoms with Crippen LogP contribution in [0.2, 0.25) is 0 Å². The van der Waals surface area contributed by atoms with Crippen LogP contribution >= 0.6 is 0 Å². The van der Waals surface area contributed by atoms with E-state index < -0.39 is 23.3 Å². The molecule has 5 heteroatoms. The molecular weight excluding hydrogens is 250 g/mol. The quantitative estimate of drug-likeness (QED) is 0.908. The van der Waals surface area contributed by atoms with Gasteiger partial charge < -0.3 is 5.32 Å². The van der Waals surface area contributed by atoms with Gasteiger partial charge in [-0.05, 0) is 30.5 Å². The van der Waals surface area contributed by atoms with Gasteiger partial charge in [0.1, 0.15) is 5.92 Å². The van der Waals surface area contributed by atoms with Crippen LogP contribution in [0.4, 0.5) is 8.78 Å². The second kappa shape index (κ2) is 3.77. The molecule has 0 saturated heterocycles. The first-order chi connectivity index (χ1) is 8.97. The zero-order chi connectivity index (χ0) is 13.7. The first-order valence-corrected chi connectivity index (χ1v) is 6.17.